The summed E-state index contributed by atoms with van der Waals surface area (Å²) >= 11 is 0. The second-order valence-corrected chi connectivity index (χ2v) is 6.05. The molecule has 0 aliphatic heterocycles. The van der Waals surface area contributed by atoms with Gasteiger partial charge in [-0.15, -0.1) is 0 Å². The zero-order valence-electron chi connectivity index (χ0n) is 14.1. The lowest BCUT2D eigenvalue weighted by molar-refractivity contribution is -0.122. The minimum Gasteiger partial charge on any atom is -0.352 e. The lowest BCUT2D eigenvalue weighted by atomic mass is 10.1. The van der Waals surface area contributed by atoms with Gasteiger partial charge in [-0.3, -0.25) is 14.2 Å². The van der Waals surface area contributed by atoms with E-state index in [1.54, 1.807) is 18.3 Å². The maximum atomic E-state index is 12.4. The molecule has 2 heterocycles. The fraction of sp³-hybridized carbons (Fsp3) is 0.263. The highest BCUT2D eigenvalue weighted by atomic mass is 16.2. The Labute approximate surface area is 145 Å². The summed E-state index contributed by atoms with van der Waals surface area (Å²) in [6, 6.07) is 13.5. The Kier molecular flexibility index (Phi) is 5.18. The molecule has 0 radical (unpaired) electrons. The lowest BCUT2D eigenvalue weighted by Crippen LogP contribution is -2.37. The third-order valence-electron chi connectivity index (χ3n) is 4.03. The molecule has 1 amide bonds. The van der Waals surface area contributed by atoms with Crippen molar-refractivity contribution in [2.45, 2.75) is 32.4 Å². The number of aromatic nitrogens is 3. The molecule has 2 aromatic heterocycles. The number of pyridine rings is 1. The van der Waals surface area contributed by atoms with Gasteiger partial charge in [0.05, 0.1) is 5.39 Å². The Bertz CT molecular complexity index is 921. The Hall–Kier alpha value is -3.02. The summed E-state index contributed by atoms with van der Waals surface area (Å²) in [5.74, 6) is -0.201. The van der Waals surface area contributed by atoms with E-state index in [0.717, 1.165) is 12.8 Å². The van der Waals surface area contributed by atoms with Crippen LogP contribution in [0.15, 0.2) is 59.8 Å². The molecular weight excluding hydrogens is 316 g/mol. The molecule has 0 aliphatic rings. The molecule has 128 valence electrons. The molecule has 0 saturated heterocycles. The number of carbonyl (C=O) groups is 1. The Morgan fingerprint density at radius 3 is 2.76 bits per heavy atom. The van der Waals surface area contributed by atoms with E-state index in [1.165, 1.54) is 16.5 Å². The summed E-state index contributed by atoms with van der Waals surface area (Å²) in [6.07, 6.45) is 4.68. The van der Waals surface area contributed by atoms with Crippen molar-refractivity contribution in [2.24, 2.45) is 0 Å². The van der Waals surface area contributed by atoms with Gasteiger partial charge >= 0.3 is 0 Å². The number of carbonyl (C=O) groups excluding carboxylic acids is 1. The van der Waals surface area contributed by atoms with Crippen molar-refractivity contribution in [3.8, 4) is 0 Å². The Morgan fingerprint density at radius 1 is 1.16 bits per heavy atom. The highest BCUT2D eigenvalue weighted by Gasteiger charge is 2.11. The average molecular weight is 336 g/mol. The predicted octanol–water partition coefficient (Wildman–Crippen LogP) is 1.93. The van der Waals surface area contributed by atoms with Crippen molar-refractivity contribution in [1.82, 2.24) is 19.9 Å². The second kappa shape index (κ2) is 7.70. The van der Waals surface area contributed by atoms with E-state index in [-0.39, 0.29) is 24.1 Å². The molecule has 0 fully saturated rings. The van der Waals surface area contributed by atoms with Crippen LogP contribution in [-0.2, 0) is 17.8 Å². The largest absolute Gasteiger partial charge is 0.352 e. The number of fused-ring (bicyclic) bond motifs is 1. The summed E-state index contributed by atoms with van der Waals surface area (Å²) in [5.41, 5.74) is 1.37. The summed E-state index contributed by atoms with van der Waals surface area (Å²) in [6.45, 7) is 1.92. The molecule has 0 spiro atoms. The first-order valence-electron chi connectivity index (χ1n) is 8.27. The molecule has 0 aliphatic carbocycles. The van der Waals surface area contributed by atoms with Crippen molar-refractivity contribution in [3.05, 3.63) is 70.9 Å². The number of hydrogen-bond acceptors (Lipinski definition) is 4. The number of aryl methyl sites for hydroxylation is 1. The highest BCUT2D eigenvalue weighted by Crippen LogP contribution is 2.05. The van der Waals surface area contributed by atoms with Gasteiger partial charge in [-0.2, -0.15) is 0 Å². The van der Waals surface area contributed by atoms with Gasteiger partial charge in [0, 0.05) is 12.2 Å². The molecule has 6 nitrogen and oxygen atoms in total. The number of hydrogen-bond donors (Lipinski definition) is 1. The van der Waals surface area contributed by atoms with Crippen LogP contribution in [0.1, 0.15) is 18.9 Å². The van der Waals surface area contributed by atoms with E-state index in [0.29, 0.717) is 11.0 Å². The van der Waals surface area contributed by atoms with Gasteiger partial charge in [0.15, 0.2) is 5.65 Å². The van der Waals surface area contributed by atoms with Gasteiger partial charge in [-0.1, -0.05) is 30.3 Å². The van der Waals surface area contributed by atoms with Gasteiger partial charge in [-0.05, 0) is 37.5 Å². The molecule has 25 heavy (non-hydrogen) atoms. The SMILES string of the molecule is CC(CCc1ccccc1)NC(=O)Cn1cnc2ncccc2c1=O. The van der Waals surface area contributed by atoms with Gasteiger partial charge < -0.3 is 5.32 Å². The zero-order chi connectivity index (χ0) is 17.6. The third kappa shape index (κ3) is 4.29. The van der Waals surface area contributed by atoms with Gasteiger partial charge in [0.2, 0.25) is 5.91 Å². The van der Waals surface area contributed by atoms with Gasteiger partial charge in [-0.25, -0.2) is 9.97 Å². The fourth-order valence-electron chi connectivity index (χ4n) is 2.69. The lowest BCUT2D eigenvalue weighted by Gasteiger charge is -2.14. The molecular formula is C19H20N4O2. The normalized spacial score (nSPS) is 12.0. The Balaban J connectivity index is 1.59. The maximum Gasteiger partial charge on any atom is 0.263 e. The van der Waals surface area contributed by atoms with Gasteiger partial charge in [0.25, 0.3) is 5.56 Å². The van der Waals surface area contributed by atoms with Crippen molar-refractivity contribution in [3.63, 3.8) is 0 Å². The Morgan fingerprint density at radius 2 is 1.96 bits per heavy atom. The maximum absolute atomic E-state index is 12.4. The summed E-state index contributed by atoms with van der Waals surface area (Å²) < 4.78 is 1.31. The van der Waals surface area contributed by atoms with Crippen molar-refractivity contribution >= 4 is 16.9 Å². The molecule has 1 unspecified atom stereocenters. The zero-order valence-corrected chi connectivity index (χ0v) is 14.1. The van der Waals surface area contributed by atoms with Crippen LogP contribution in [0.5, 0.6) is 0 Å². The molecule has 1 aromatic carbocycles. The van der Waals surface area contributed by atoms with E-state index in [2.05, 4.69) is 27.4 Å². The number of benzene rings is 1. The quantitative estimate of drug-likeness (QED) is 0.746. The van der Waals surface area contributed by atoms with E-state index in [9.17, 15) is 9.59 Å². The van der Waals surface area contributed by atoms with E-state index >= 15 is 0 Å². The smallest absolute Gasteiger partial charge is 0.263 e. The predicted molar refractivity (Wildman–Crippen MR) is 96.2 cm³/mol. The highest BCUT2D eigenvalue weighted by molar-refractivity contribution is 5.77. The fourth-order valence-corrected chi connectivity index (χ4v) is 2.69. The molecule has 6 heteroatoms. The second-order valence-electron chi connectivity index (χ2n) is 6.05. The molecule has 3 rings (SSSR count). The number of nitrogens with zero attached hydrogens (tertiary/aromatic N) is 3. The number of nitrogens with one attached hydrogen (secondary N) is 1. The first-order valence-corrected chi connectivity index (χ1v) is 8.27. The standard InChI is InChI=1S/C19H20N4O2/c1-14(9-10-15-6-3-2-4-7-15)22-17(24)12-23-13-21-18-16(19(23)25)8-5-11-20-18/h2-8,11,13-14H,9-10,12H2,1H3,(H,22,24). The summed E-state index contributed by atoms with van der Waals surface area (Å²) in [5, 5.41) is 3.34. The van der Waals surface area contributed by atoms with Crippen LogP contribution < -0.4 is 10.9 Å². The van der Waals surface area contributed by atoms with Crippen LogP contribution in [0.2, 0.25) is 0 Å². The van der Waals surface area contributed by atoms with Crippen LogP contribution in [-0.4, -0.2) is 26.5 Å². The van der Waals surface area contributed by atoms with E-state index < -0.39 is 0 Å². The first kappa shape index (κ1) is 16.8. The molecule has 1 atom stereocenters. The number of rotatable bonds is 6. The van der Waals surface area contributed by atoms with Crippen molar-refractivity contribution in [2.75, 3.05) is 0 Å². The van der Waals surface area contributed by atoms with Gasteiger partial charge in [0.1, 0.15) is 12.9 Å². The van der Waals surface area contributed by atoms with E-state index in [4.69, 9.17) is 0 Å². The molecule has 0 saturated carbocycles. The van der Waals surface area contributed by atoms with Crippen molar-refractivity contribution in [1.29, 1.82) is 0 Å². The van der Waals surface area contributed by atoms with Crippen molar-refractivity contribution < 1.29 is 4.79 Å². The van der Waals surface area contributed by atoms with E-state index in [1.807, 2.05) is 25.1 Å². The van der Waals surface area contributed by atoms with Crippen LogP contribution in [0.4, 0.5) is 0 Å². The number of amides is 1. The summed E-state index contributed by atoms with van der Waals surface area (Å²) in [7, 11) is 0. The van der Waals surface area contributed by atoms with Crippen LogP contribution in [0, 0.1) is 0 Å². The minimum absolute atomic E-state index is 0.0264. The average Bonchev–Trinajstić information content (AvgIpc) is 2.63. The molecule has 1 N–H and O–H groups in total. The molecule has 0 bridgehead atoms. The first-order chi connectivity index (χ1) is 12.1. The summed E-state index contributed by atoms with van der Waals surface area (Å²) in [4.78, 5) is 32.7. The van der Waals surface area contributed by atoms with Crippen LogP contribution in [0.3, 0.4) is 0 Å². The minimum atomic E-state index is -0.259. The van der Waals surface area contributed by atoms with Crippen LogP contribution in [0.25, 0.3) is 11.0 Å². The topological polar surface area (TPSA) is 76.9 Å². The molecule has 3 aromatic rings. The van der Waals surface area contributed by atoms with Crippen LogP contribution >= 0.6 is 0 Å². The monoisotopic (exact) mass is 336 g/mol. The third-order valence-corrected chi connectivity index (χ3v) is 4.03.